The summed E-state index contributed by atoms with van der Waals surface area (Å²) in [7, 11) is 0. The average Bonchev–Trinajstić information content (AvgIpc) is 2.82. The summed E-state index contributed by atoms with van der Waals surface area (Å²) in [5.74, 6) is 0.312. The van der Waals surface area contributed by atoms with Crippen LogP contribution in [0.5, 0.6) is 0 Å². The predicted molar refractivity (Wildman–Crippen MR) is 96.3 cm³/mol. The molecule has 0 saturated heterocycles. The van der Waals surface area contributed by atoms with Crippen LogP contribution in [0.2, 0.25) is 0 Å². The molecule has 0 spiro atoms. The number of nitrogens with two attached hydrogens (primary N) is 1. The van der Waals surface area contributed by atoms with Crippen molar-refractivity contribution in [2.75, 3.05) is 5.73 Å². The van der Waals surface area contributed by atoms with Crippen molar-refractivity contribution in [1.82, 2.24) is 4.98 Å². The lowest BCUT2D eigenvalue weighted by molar-refractivity contribution is 0.833. The minimum atomic E-state index is 0.312. The number of hydrogen-bond donors (Lipinski definition) is 1. The fraction of sp³-hybridized carbons (Fsp3) is 0.143. The lowest BCUT2D eigenvalue weighted by atomic mass is 9.90. The molecular formula is C21H17N3. The smallest absolute Gasteiger partial charge is 0.142 e. The van der Waals surface area contributed by atoms with Gasteiger partial charge < -0.3 is 5.73 Å². The van der Waals surface area contributed by atoms with Crippen molar-refractivity contribution in [2.24, 2.45) is 0 Å². The first-order chi connectivity index (χ1) is 11.8. The zero-order valence-electron chi connectivity index (χ0n) is 13.3. The monoisotopic (exact) mass is 311 g/mol. The van der Waals surface area contributed by atoms with Crippen molar-refractivity contribution in [3.63, 3.8) is 0 Å². The molecule has 0 atom stereocenters. The van der Waals surface area contributed by atoms with Crippen molar-refractivity contribution in [2.45, 2.75) is 19.3 Å². The second kappa shape index (κ2) is 5.82. The van der Waals surface area contributed by atoms with Gasteiger partial charge in [-0.15, -0.1) is 0 Å². The fourth-order valence-corrected chi connectivity index (χ4v) is 3.57. The lowest BCUT2D eigenvalue weighted by Gasteiger charge is -2.16. The molecule has 3 heteroatoms. The van der Waals surface area contributed by atoms with E-state index in [1.54, 1.807) is 0 Å². The van der Waals surface area contributed by atoms with Crippen molar-refractivity contribution < 1.29 is 0 Å². The van der Waals surface area contributed by atoms with Crippen molar-refractivity contribution >= 4 is 5.82 Å². The minimum absolute atomic E-state index is 0.312. The molecule has 2 aromatic carbocycles. The molecule has 1 heterocycles. The number of benzene rings is 2. The van der Waals surface area contributed by atoms with Crippen LogP contribution in [-0.2, 0) is 12.8 Å². The SMILES string of the molecule is N#Cc1c(N)nc(-c2ccccc2)c2c1-c1ccccc1CCC2. The molecule has 1 aliphatic carbocycles. The zero-order chi connectivity index (χ0) is 16.5. The molecule has 0 fully saturated rings. The predicted octanol–water partition coefficient (Wildman–Crippen LogP) is 4.36. The van der Waals surface area contributed by atoms with E-state index in [-0.39, 0.29) is 0 Å². The highest BCUT2D eigenvalue weighted by atomic mass is 14.9. The molecule has 4 rings (SSSR count). The Kier molecular flexibility index (Phi) is 3.51. The Morgan fingerprint density at radius 2 is 1.71 bits per heavy atom. The van der Waals surface area contributed by atoms with Crippen molar-refractivity contribution in [3.8, 4) is 28.5 Å². The van der Waals surface area contributed by atoms with E-state index in [4.69, 9.17) is 5.73 Å². The third kappa shape index (κ3) is 2.24. The van der Waals surface area contributed by atoms with Crippen LogP contribution in [0.25, 0.3) is 22.4 Å². The molecule has 116 valence electrons. The Balaban J connectivity index is 2.10. The maximum Gasteiger partial charge on any atom is 0.142 e. The number of aromatic nitrogens is 1. The van der Waals surface area contributed by atoms with Crippen LogP contribution in [-0.4, -0.2) is 4.98 Å². The molecule has 0 bridgehead atoms. The summed E-state index contributed by atoms with van der Waals surface area (Å²) in [5.41, 5.74) is 13.1. The first kappa shape index (κ1) is 14.5. The van der Waals surface area contributed by atoms with Gasteiger partial charge in [-0.3, -0.25) is 0 Å². The number of nitrogen functional groups attached to an aromatic ring is 1. The van der Waals surface area contributed by atoms with Crippen molar-refractivity contribution in [1.29, 1.82) is 5.26 Å². The molecule has 1 aliphatic rings. The highest BCUT2D eigenvalue weighted by Gasteiger charge is 2.24. The van der Waals surface area contributed by atoms with Gasteiger partial charge in [0.05, 0.1) is 5.69 Å². The molecule has 0 unspecified atom stereocenters. The molecule has 0 radical (unpaired) electrons. The maximum atomic E-state index is 9.68. The van der Waals surface area contributed by atoms with Gasteiger partial charge in [0.2, 0.25) is 0 Å². The van der Waals surface area contributed by atoms with Gasteiger partial charge in [-0.2, -0.15) is 5.26 Å². The third-order valence-corrected chi connectivity index (χ3v) is 4.64. The fourth-order valence-electron chi connectivity index (χ4n) is 3.57. The van der Waals surface area contributed by atoms with E-state index in [0.29, 0.717) is 11.4 Å². The number of nitriles is 1. The van der Waals surface area contributed by atoms with Gasteiger partial charge in [-0.05, 0) is 36.0 Å². The molecule has 0 amide bonds. The first-order valence-electron chi connectivity index (χ1n) is 8.15. The molecule has 24 heavy (non-hydrogen) atoms. The van der Waals surface area contributed by atoms with E-state index in [1.165, 1.54) is 5.56 Å². The number of aryl methyl sites for hydroxylation is 1. The van der Waals surface area contributed by atoms with Gasteiger partial charge in [-0.25, -0.2) is 4.98 Å². The number of hydrogen-bond acceptors (Lipinski definition) is 3. The standard InChI is InChI=1S/C21H17N3/c22-13-18-19-16-11-5-4-7-14(16)10-6-12-17(19)20(24-21(18)23)15-8-2-1-3-9-15/h1-5,7-9,11H,6,10,12H2,(H2,23,24). The zero-order valence-corrected chi connectivity index (χ0v) is 13.3. The van der Waals surface area contributed by atoms with Crippen LogP contribution < -0.4 is 5.73 Å². The Morgan fingerprint density at radius 3 is 2.50 bits per heavy atom. The van der Waals surface area contributed by atoms with E-state index >= 15 is 0 Å². The third-order valence-electron chi connectivity index (χ3n) is 4.64. The summed E-state index contributed by atoms with van der Waals surface area (Å²) in [4.78, 5) is 4.60. The molecular weight excluding hydrogens is 294 g/mol. The second-order valence-corrected chi connectivity index (χ2v) is 6.06. The molecule has 0 saturated carbocycles. The van der Waals surface area contributed by atoms with Gasteiger partial charge in [-0.1, -0.05) is 54.6 Å². The van der Waals surface area contributed by atoms with Crippen LogP contribution >= 0.6 is 0 Å². The minimum Gasteiger partial charge on any atom is -0.383 e. The van der Waals surface area contributed by atoms with Crippen LogP contribution in [0.15, 0.2) is 54.6 Å². The largest absolute Gasteiger partial charge is 0.383 e. The number of pyridine rings is 1. The average molecular weight is 311 g/mol. The normalized spacial score (nSPS) is 12.6. The van der Waals surface area contributed by atoms with E-state index in [1.807, 2.05) is 36.4 Å². The topological polar surface area (TPSA) is 62.7 Å². The lowest BCUT2D eigenvalue weighted by Crippen LogP contribution is -2.05. The van der Waals surface area contributed by atoms with Crippen LogP contribution in [0.3, 0.4) is 0 Å². The van der Waals surface area contributed by atoms with E-state index in [9.17, 15) is 5.26 Å². The number of nitrogens with zero attached hydrogens (tertiary/aromatic N) is 2. The summed E-state index contributed by atoms with van der Waals surface area (Å²) >= 11 is 0. The van der Waals surface area contributed by atoms with Crippen LogP contribution in [0.4, 0.5) is 5.82 Å². The van der Waals surface area contributed by atoms with Gasteiger partial charge in [0, 0.05) is 11.1 Å². The Bertz CT molecular complexity index is 953. The van der Waals surface area contributed by atoms with Gasteiger partial charge in [0.25, 0.3) is 0 Å². The Labute approximate surface area is 141 Å². The molecule has 0 aliphatic heterocycles. The molecule has 3 aromatic rings. The van der Waals surface area contributed by atoms with E-state index in [2.05, 4.69) is 29.3 Å². The summed E-state index contributed by atoms with van der Waals surface area (Å²) in [6, 6.07) is 20.7. The summed E-state index contributed by atoms with van der Waals surface area (Å²) < 4.78 is 0. The highest BCUT2D eigenvalue weighted by Crippen LogP contribution is 2.40. The summed E-state index contributed by atoms with van der Waals surface area (Å²) in [6.45, 7) is 0. The molecule has 2 N–H and O–H groups in total. The van der Waals surface area contributed by atoms with Crippen LogP contribution in [0.1, 0.15) is 23.1 Å². The number of fused-ring (bicyclic) bond motifs is 3. The van der Waals surface area contributed by atoms with E-state index in [0.717, 1.165) is 47.2 Å². The molecule has 1 aromatic heterocycles. The van der Waals surface area contributed by atoms with Gasteiger partial charge >= 0.3 is 0 Å². The van der Waals surface area contributed by atoms with Crippen molar-refractivity contribution in [3.05, 3.63) is 71.3 Å². The quantitative estimate of drug-likeness (QED) is 0.726. The summed E-state index contributed by atoms with van der Waals surface area (Å²) in [6.07, 6.45) is 2.94. The Morgan fingerprint density at radius 1 is 0.958 bits per heavy atom. The summed E-state index contributed by atoms with van der Waals surface area (Å²) in [5, 5.41) is 9.68. The number of anilines is 1. The number of rotatable bonds is 1. The Hall–Kier alpha value is -3.12. The second-order valence-electron chi connectivity index (χ2n) is 6.06. The highest BCUT2D eigenvalue weighted by molar-refractivity contribution is 5.86. The van der Waals surface area contributed by atoms with Gasteiger partial charge in [0.15, 0.2) is 0 Å². The molecule has 3 nitrogen and oxygen atoms in total. The van der Waals surface area contributed by atoms with Gasteiger partial charge in [0.1, 0.15) is 17.5 Å². The first-order valence-corrected chi connectivity index (χ1v) is 8.15. The van der Waals surface area contributed by atoms with Crippen LogP contribution in [0, 0.1) is 11.3 Å². The van der Waals surface area contributed by atoms with E-state index < -0.39 is 0 Å². The maximum absolute atomic E-state index is 9.68.